The molecule has 1 saturated heterocycles. The molecule has 1 aromatic carbocycles. The van der Waals surface area contributed by atoms with E-state index in [-0.39, 0.29) is 24.8 Å². The minimum Gasteiger partial charge on any atom is -1.00 e. The minimum atomic E-state index is 0. The molecular formula is C16H26Cl2N2O3-2. The number of rotatable bonds is 8. The van der Waals surface area contributed by atoms with Crippen molar-refractivity contribution in [2.75, 3.05) is 53.6 Å². The van der Waals surface area contributed by atoms with Crippen molar-refractivity contribution in [3.8, 4) is 11.5 Å². The van der Waals surface area contributed by atoms with Crippen molar-refractivity contribution in [3.63, 3.8) is 0 Å². The van der Waals surface area contributed by atoms with Crippen LogP contribution in [0.1, 0.15) is 12.0 Å². The van der Waals surface area contributed by atoms with E-state index < -0.39 is 0 Å². The molecule has 134 valence electrons. The molecular weight excluding hydrogens is 339 g/mol. The summed E-state index contributed by atoms with van der Waals surface area (Å²) >= 11 is 0. The normalized spacial score (nSPS) is 14.5. The van der Waals surface area contributed by atoms with Crippen molar-refractivity contribution >= 4 is 0 Å². The summed E-state index contributed by atoms with van der Waals surface area (Å²) in [6, 6.07) is 5.94. The molecule has 0 aromatic heterocycles. The molecule has 2 rings (SSSR count). The van der Waals surface area contributed by atoms with Crippen molar-refractivity contribution in [3.05, 3.63) is 23.8 Å². The molecule has 0 unspecified atom stereocenters. The topological polar surface area (TPSA) is 43.0 Å². The molecule has 1 aliphatic rings. The smallest absolute Gasteiger partial charge is 0.127 e. The van der Waals surface area contributed by atoms with Crippen LogP contribution in [0.15, 0.2) is 18.2 Å². The zero-order valence-corrected chi connectivity index (χ0v) is 15.3. The Labute approximate surface area is 151 Å². The average molecular weight is 365 g/mol. The Morgan fingerprint density at radius 3 is 2.52 bits per heavy atom. The highest BCUT2D eigenvalue weighted by molar-refractivity contribution is 5.40. The van der Waals surface area contributed by atoms with Gasteiger partial charge in [0.2, 0.25) is 0 Å². The molecule has 5 nitrogen and oxygen atoms in total. The first kappa shape index (κ1) is 22.3. The zero-order chi connectivity index (χ0) is 14.9. The maximum absolute atomic E-state index is 5.40. The molecule has 0 radical (unpaired) electrons. The molecule has 0 amide bonds. The van der Waals surface area contributed by atoms with Crippen LogP contribution in [0.3, 0.4) is 0 Å². The van der Waals surface area contributed by atoms with Gasteiger partial charge in [0.25, 0.3) is 0 Å². The van der Waals surface area contributed by atoms with Gasteiger partial charge in [0.1, 0.15) is 11.5 Å². The highest BCUT2D eigenvalue weighted by Crippen LogP contribution is 2.24. The highest BCUT2D eigenvalue weighted by atomic mass is 35.5. The molecule has 0 aliphatic carbocycles. The van der Waals surface area contributed by atoms with E-state index in [0.717, 1.165) is 69.4 Å². The van der Waals surface area contributed by atoms with Gasteiger partial charge in [-0.15, -0.1) is 0 Å². The summed E-state index contributed by atoms with van der Waals surface area (Å²) in [6.07, 6.45) is 1.15. The molecule has 0 atom stereocenters. The van der Waals surface area contributed by atoms with Gasteiger partial charge in [-0.1, -0.05) is 6.07 Å². The number of benzene rings is 1. The number of morpholine rings is 1. The first-order valence-electron chi connectivity index (χ1n) is 7.55. The van der Waals surface area contributed by atoms with E-state index in [0.29, 0.717) is 0 Å². The molecule has 0 bridgehead atoms. The Morgan fingerprint density at radius 2 is 1.87 bits per heavy atom. The minimum absolute atomic E-state index is 0. The third kappa shape index (κ3) is 7.59. The Morgan fingerprint density at radius 1 is 1.13 bits per heavy atom. The second-order valence-corrected chi connectivity index (χ2v) is 5.16. The molecule has 1 aliphatic heterocycles. The van der Waals surface area contributed by atoms with Crippen molar-refractivity contribution in [2.45, 2.75) is 13.0 Å². The maximum Gasteiger partial charge on any atom is 0.127 e. The largest absolute Gasteiger partial charge is 1.00 e. The van der Waals surface area contributed by atoms with E-state index in [4.69, 9.17) is 14.2 Å². The first-order chi connectivity index (χ1) is 10.3. The highest BCUT2D eigenvalue weighted by Gasteiger charge is 2.09. The van der Waals surface area contributed by atoms with Crippen LogP contribution in [-0.4, -0.2) is 58.5 Å². The zero-order valence-electron chi connectivity index (χ0n) is 13.8. The summed E-state index contributed by atoms with van der Waals surface area (Å²) in [4.78, 5) is 2.46. The summed E-state index contributed by atoms with van der Waals surface area (Å²) in [5, 5.41) is 3.47. The lowest BCUT2D eigenvalue weighted by molar-refractivity contribution is -0.001000. The van der Waals surface area contributed by atoms with Crippen molar-refractivity contribution in [1.29, 1.82) is 0 Å². The molecule has 23 heavy (non-hydrogen) atoms. The standard InChI is InChI=1S/C16H26N2O3.2ClH/c1-19-15-5-4-14(16(12-15)20-2)13-17-6-3-7-18-8-10-21-11-9-18;;/h4-5,12,17H,3,6-11,13H2,1-2H3;2*1H/p-2. The molecule has 1 heterocycles. The van der Waals surface area contributed by atoms with Gasteiger partial charge in [0.15, 0.2) is 0 Å². The summed E-state index contributed by atoms with van der Waals surface area (Å²) in [5.74, 6) is 1.69. The van der Waals surface area contributed by atoms with Crippen molar-refractivity contribution in [1.82, 2.24) is 10.2 Å². The van der Waals surface area contributed by atoms with Crippen LogP contribution in [-0.2, 0) is 11.3 Å². The number of nitrogens with one attached hydrogen (secondary N) is 1. The quantitative estimate of drug-likeness (QED) is 0.471. The summed E-state index contributed by atoms with van der Waals surface area (Å²) in [7, 11) is 3.36. The van der Waals surface area contributed by atoms with Gasteiger partial charge in [-0.2, -0.15) is 0 Å². The summed E-state index contributed by atoms with van der Waals surface area (Å²) in [6.45, 7) is 6.82. The van der Waals surface area contributed by atoms with Gasteiger partial charge in [-0.25, -0.2) is 0 Å². The molecule has 7 heteroatoms. The summed E-state index contributed by atoms with van der Waals surface area (Å²) < 4.78 is 16.0. The van der Waals surface area contributed by atoms with Gasteiger partial charge in [-0.3, -0.25) is 4.90 Å². The Hall–Kier alpha value is -0.720. The van der Waals surface area contributed by atoms with E-state index in [2.05, 4.69) is 10.2 Å². The van der Waals surface area contributed by atoms with Gasteiger partial charge in [0, 0.05) is 31.3 Å². The first-order valence-corrected chi connectivity index (χ1v) is 7.55. The van der Waals surface area contributed by atoms with Gasteiger partial charge < -0.3 is 44.3 Å². The van der Waals surface area contributed by atoms with E-state index in [9.17, 15) is 0 Å². The fraction of sp³-hybridized carbons (Fsp3) is 0.625. The van der Waals surface area contributed by atoms with Crippen LogP contribution in [0, 0.1) is 0 Å². The Balaban J connectivity index is 0.00000242. The van der Waals surface area contributed by atoms with E-state index in [1.807, 2.05) is 18.2 Å². The second kappa shape index (κ2) is 12.7. The molecule has 1 fully saturated rings. The number of hydrogen-bond donors (Lipinski definition) is 1. The molecule has 1 aromatic rings. The van der Waals surface area contributed by atoms with E-state index in [1.54, 1.807) is 14.2 Å². The van der Waals surface area contributed by atoms with Crippen LogP contribution in [0.2, 0.25) is 0 Å². The number of methoxy groups -OCH3 is 2. The van der Waals surface area contributed by atoms with Gasteiger partial charge in [0.05, 0.1) is 27.4 Å². The van der Waals surface area contributed by atoms with E-state index in [1.165, 1.54) is 0 Å². The lowest BCUT2D eigenvalue weighted by Crippen LogP contribution is -3.00. The molecule has 0 saturated carbocycles. The van der Waals surface area contributed by atoms with Crippen LogP contribution >= 0.6 is 0 Å². The maximum atomic E-state index is 5.40. The van der Waals surface area contributed by atoms with Crippen molar-refractivity contribution < 1.29 is 39.0 Å². The molecule has 0 spiro atoms. The lowest BCUT2D eigenvalue weighted by atomic mass is 10.2. The molecule has 1 N–H and O–H groups in total. The van der Waals surface area contributed by atoms with Crippen LogP contribution < -0.4 is 39.6 Å². The SMILES string of the molecule is COc1ccc(CNCCCN2CCOCC2)c(OC)c1.[Cl-].[Cl-]. The summed E-state index contributed by atoms with van der Waals surface area (Å²) in [5.41, 5.74) is 1.16. The number of nitrogens with zero attached hydrogens (tertiary/aromatic N) is 1. The monoisotopic (exact) mass is 364 g/mol. The van der Waals surface area contributed by atoms with Gasteiger partial charge >= 0.3 is 0 Å². The van der Waals surface area contributed by atoms with Crippen molar-refractivity contribution in [2.24, 2.45) is 0 Å². The number of hydrogen-bond acceptors (Lipinski definition) is 5. The van der Waals surface area contributed by atoms with Crippen LogP contribution in [0.5, 0.6) is 11.5 Å². The fourth-order valence-electron chi connectivity index (χ4n) is 2.47. The third-order valence-electron chi connectivity index (χ3n) is 3.74. The predicted octanol–water partition coefficient (Wildman–Crippen LogP) is -4.48. The Kier molecular flexibility index (Phi) is 12.3. The van der Waals surface area contributed by atoms with Gasteiger partial charge in [-0.05, 0) is 25.6 Å². The predicted molar refractivity (Wildman–Crippen MR) is 83.1 cm³/mol. The Bertz CT molecular complexity index is 430. The fourth-order valence-corrected chi connectivity index (χ4v) is 2.47. The van der Waals surface area contributed by atoms with E-state index >= 15 is 0 Å². The third-order valence-corrected chi connectivity index (χ3v) is 3.74. The lowest BCUT2D eigenvalue weighted by Gasteiger charge is -2.26. The number of halogens is 2. The number of ether oxygens (including phenoxy) is 3. The van der Waals surface area contributed by atoms with Crippen LogP contribution in [0.4, 0.5) is 0 Å². The second-order valence-electron chi connectivity index (χ2n) is 5.16. The average Bonchev–Trinajstić information content (AvgIpc) is 2.55. The van der Waals surface area contributed by atoms with Crippen LogP contribution in [0.25, 0.3) is 0 Å².